The lowest BCUT2D eigenvalue weighted by atomic mass is 10.0. The highest BCUT2D eigenvalue weighted by Gasteiger charge is 2.34. The van der Waals surface area contributed by atoms with Gasteiger partial charge in [-0.1, -0.05) is 6.42 Å². The lowest BCUT2D eigenvalue weighted by Gasteiger charge is -2.29. The Balaban J connectivity index is 2.12. The van der Waals surface area contributed by atoms with Crippen LogP contribution in [0, 0.1) is 5.92 Å². The van der Waals surface area contributed by atoms with E-state index in [1.54, 1.807) is 11.9 Å². The smallest absolute Gasteiger partial charge is 0.337 e. The highest BCUT2D eigenvalue weighted by atomic mass is 19.4. The summed E-state index contributed by atoms with van der Waals surface area (Å²) in [6, 6.07) is 2.03. The van der Waals surface area contributed by atoms with E-state index in [-0.39, 0.29) is 23.6 Å². The summed E-state index contributed by atoms with van der Waals surface area (Å²) in [4.78, 5) is 17.5. The molecule has 1 heterocycles. The Labute approximate surface area is 121 Å². The quantitative estimate of drug-likeness (QED) is 0.932. The minimum absolute atomic E-state index is 0.0215. The molecule has 0 radical (unpaired) electrons. The van der Waals surface area contributed by atoms with Crippen molar-refractivity contribution in [1.29, 1.82) is 0 Å². The summed E-state index contributed by atoms with van der Waals surface area (Å²) in [7, 11) is 1.65. The Bertz CT molecular complexity index is 501. The Hall–Kier alpha value is -1.63. The molecule has 0 aromatic carbocycles. The minimum Gasteiger partial charge on any atom is -0.337 e. The molecule has 4 nitrogen and oxygen atoms in total. The van der Waals surface area contributed by atoms with Gasteiger partial charge in [-0.25, -0.2) is 0 Å². The maximum Gasteiger partial charge on any atom is 0.417 e. The number of amides is 1. The van der Waals surface area contributed by atoms with Gasteiger partial charge in [0.25, 0.3) is 5.91 Å². The van der Waals surface area contributed by atoms with Crippen LogP contribution < -0.4 is 5.73 Å². The molecule has 7 heteroatoms. The highest BCUT2D eigenvalue weighted by Crippen LogP contribution is 2.30. The van der Waals surface area contributed by atoms with Crippen LogP contribution in [-0.4, -0.2) is 35.4 Å². The van der Waals surface area contributed by atoms with E-state index in [0.717, 1.165) is 31.4 Å². The van der Waals surface area contributed by atoms with E-state index >= 15 is 0 Å². The molecule has 0 aliphatic heterocycles. The number of pyridine rings is 1. The summed E-state index contributed by atoms with van der Waals surface area (Å²) >= 11 is 0. The van der Waals surface area contributed by atoms with Crippen LogP contribution in [0.5, 0.6) is 0 Å². The standard InChI is InChI=1S/C14H18F3N3O/c1-20(12-4-2-3-9(12)7-18)13(21)11-6-5-10(8-19-11)14(15,16)17/h5-6,8-9,12H,2-4,7,18H2,1H3. The molecule has 116 valence electrons. The molecular formula is C14H18F3N3O. The fourth-order valence-electron chi connectivity index (χ4n) is 2.82. The van der Waals surface area contributed by atoms with Gasteiger partial charge in [-0.15, -0.1) is 0 Å². The third-order valence-corrected chi connectivity index (χ3v) is 4.05. The van der Waals surface area contributed by atoms with Crippen molar-refractivity contribution in [3.8, 4) is 0 Å². The van der Waals surface area contributed by atoms with Crippen molar-refractivity contribution in [3.05, 3.63) is 29.6 Å². The Kier molecular flexibility index (Phi) is 4.51. The van der Waals surface area contributed by atoms with E-state index in [1.807, 2.05) is 0 Å². The number of rotatable bonds is 3. The van der Waals surface area contributed by atoms with Crippen molar-refractivity contribution in [3.63, 3.8) is 0 Å². The van der Waals surface area contributed by atoms with Gasteiger partial charge in [-0.05, 0) is 37.4 Å². The second-order valence-electron chi connectivity index (χ2n) is 5.34. The first kappa shape index (κ1) is 15.8. The van der Waals surface area contributed by atoms with Gasteiger partial charge >= 0.3 is 6.18 Å². The first-order chi connectivity index (χ1) is 9.84. The third-order valence-electron chi connectivity index (χ3n) is 4.05. The molecule has 2 atom stereocenters. The Morgan fingerprint density at radius 3 is 2.67 bits per heavy atom. The number of hydrogen-bond acceptors (Lipinski definition) is 3. The SMILES string of the molecule is CN(C(=O)c1ccc(C(F)(F)F)cn1)C1CCCC1CN. The van der Waals surface area contributed by atoms with Crippen LogP contribution in [0.3, 0.4) is 0 Å². The first-order valence-electron chi connectivity index (χ1n) is 6.85. The molecule has 0 spiro atoms. The van der Waals surface area contributed by atoms with Crippen LogP contribution in [0.25, 0.3) is 0 Å². The normalized spacial score (nSPS) is 22.3. The van der Waals surface area contributed by atoms with Crippen molar-refractivity contribution in [2.24, 2.45) is 11.7 Å². The van der Waals surface area contributed by atoms with Gasteiger partial charge in [0.15, 0.2) is 0 Å². The summed E-state index contributed by atoms with van der Waals surface area (Å²) < 4.78 is 37.4. The summed E-state index contributed by atoms with van der Waals surface area (Å²) in [6.45, 7) is 0.503. The molecule has 1 aromatic rings. The van der Waals surface area contributed by atoms with Crippen molar-refractivity contribution in [2.75, 3.05) is 13.6 Å². The maximum absolute atomic E-state index is 12.5. The number of alkyl halides is 3. The van der Waals surface area contributed by atoms with Gasteiger partial charge in [0.1, 0.15) is 5.69 Å². The fraction of sp³-hybridized carbons (Fsp3) is 0.571. The number of nitrogens with zero attached hydrogens (tertiary/aromatic N) is 2. The fourth-order valence-corrected chi connectivity index (χ4v) is 2.82. The molecule has 2 unspecified atom stereocenters. The predicted molar refractivity (Wildman–Crippen MR) is 71.5 cm³/mol. The van der Waals surface area contributed by atoms with Crippen LogP contribution in [0.2, 0.25) is 0 Å². The molecule has 1 aromatic heterocycles. The Morgan fingerprint density at radius 1 is 1.43 bits per heavy atom. The molecule has 0 saturated heterocycles. The van der Waals surface area contributed by atoms with E-state index in [0.29, 0.717) is 12.7 Å². The zero-order valence-electron chi connectivity index (χ0n) is 11.7. The number of carbonyl (C=O) groups excluding carboxylic acids is 1. The zero-order chi connectivity index (χ0) is 15.6. The van der Waals surface area contributed by atoms with Crippen LogP contribution >= 0.6 is 0 Å². The van der Waals surface area contributed by atoms with Crippen molar-refractivity contribution in [1.82, 2.24) is 9.88 Å². The average molecular weight is 301 g/mol. The number of aromatic nitrogens is 1. The number of nitrogens with two attached hydrogens (primary N) is 1. The van der Waals surface area contributed by atoms with Gasteiger partial charge in [-0.2, -0.15) is 13.2 Å². The van der Waals surface area contributed by atoms with E-state index in [1.165, 1.54) is 0 Å². The number of hydrogen-bond donors (Lipinski definition) is 1. The Morgan fingerprint density at radius 2 is 2.14 bits per heavy atom. The first-order valence-corrected chi connectivity index (χ1v) is 6.85. The van der Waals surface area contributed by atoms with E-state index < -0.39 is 11.7 Å². The van der Waals surface area contributed by atoms with Crippen molar-refractivity contribution < 1.29 is 18.0 Å². The largest absolute Gasteiger partial charge is 0.417 e. The molecule has 1 aliphatic carbocycles. The molecule has 1 saturated carbocycles. The van der Waals surface area contributed by atoms with Crippen LogP contribution in [-0.2, 0) is 6.18 Å². The van der Waals surface area contributed by atoms with Crippen LogP contribution in [0.15, 0.2) is 18.3 Å². The second-order valence-corrected chi connectivity index (χ2v) is 5.34. The maximum atomic E-state index is 12.5. The second kappa shape index (κ2) is 6.01. The van der Waals surface area contributed by atoms with Gasteiger partial charge < -0.3 is 10.6 Å². The minimum atomic E-state index is -4.45. The summed E-state index contributed by atoms with van der Waals surface area (Å²) in [5.41, 5.74) is 4.85. The van der Waals surface area contributed by atoms with Gasteiger partial charge in [0.05, 0.1) is 5.56 Å². The molecule has 21 heavy (non-hydrogen) atoms. The lowest BCUT2D eigenvalue weighted by molar-refractivity contribution is -0.137. The molecule has 1 aliphatic rings. The lowest BCUT2D eigenvalue weighted by Crippen LogP contribution is -2.41. The number of halogens is 3. The topological polar surface area (TPSA) is 59.2 Å². The van der Waals surface area contributed by atoms with E-state index in [4.69, 9.17) is 5.73 Å². The monoisotopic (exact) mass is 301 g/mol. The average Bonchev–Trinajstić information content (AvgIpc) is 2.93. The summed E-state index contributed by atoms with van der Waals surface area (Å²) in [5.74, 6) is -0.123. The van der Waals surface area contributed by atoms with Crippen molar-refractivity contribution >= 4 is 5.91 Å². The van der Waals surface area contributed by atoms with Crippen LogP contribution in [0.1, 0.15) is 35.3 Å². The van der Waals surface area contributed by atoms with Gasteiger partial charge in [0, 0.05) is 19.3 Å². The van der Waals surface area contributed by atoms with Crippen molar-refractivity contribution in [2.45, 2.75) is 31.5 Å². The van der Waals surface area contributed by atoms with Gasteiger partial charge in [-0.3, -0.25) is 9.78 Å². The molecule has 1 fully saturated rings. The molecule has 2 N–H and O–H groups in total. The van der Waals surface area contributed by atoms with E-state index in [2.05, 4.69) is 4.98 Å². The van der Waals surface area contributed by atoms with Gasteiger partial charge in [0.2, 0.25) is 0 Å². The molecule has 0 bridgehead atoms. The third kappa shape index (κ3) is 3.34. The predicted octanol–water partition coefficient (Wildman–Crippen LogP) is 2.30. The molecular weight excluding hydrogens is 283 g/mol. The van der Waals surface area contributed by atoms with E-state index in [9.17, 15) is 18.0 Å². The highest BCUT2D eigenvalue weighted by molar-refractivity contribution is 5.92. The molecule has 1 amide bonds. The van der Waals surface area contributed by atoms with Crippen LogP contribution in [0.4, 0.5) is 13.2 Å². The zero-order valence-corrected chi connectivity index (χ0v) is 11.7. The summed E-state index contributed by atoms with van der Waals surface area (Å²) in [6.07, 6.45) is -0.915. The molecule has 2 rings (SSSR count). The summed E-state index contributed by atoms with van der Waals surface area (Å²) in [5, 5.41) is 0. The number of carbonyl (C=O) groups is 1.